The maximum absolute atomic E-state index is 12.2. The number of fused-ring (bicyclic) bond motifs is 1. The zero-order chi connectivity index (χ0) is 15.7. The number of nitrogens with one attached hydrogen (secondary N) is 1. The van der Waals surface area contributed by atoms with Crippen LogP contribution in [0.2, 0.25) is 0 Å². The van der Waals surface area contributed by atoms with Crippen LogP contribution in [-0.4, -0.2) is 13.0 Å². The van der Waals surface area contributed by atoms with Crippen LogP contribution < -0.4 is 10.1 Å². The average molecular weight is 355 g/mol. The molecule has 2 aromatic rings. The van der Waals surface area contributed by atoms with Crippen molar-refractivity contribution < 1.29 is 9.53 Å². The first-order valence-corrected chi connectivity index (χ1v) is 7.33. The number of carbonyl (C=O) groups is 1. The molecular formula is C17H11BrN2O2. The first-order valence-electron chi connectivity index (χ1n) is 6.54. The number of ether oxygens (including phenoxy) is 1. The standard InChI is InChI=1S/C17H11BrN2O2/c1-22-15-6-5-10(8-14(15)18)7-13-12-4-2-3-11(9-19)16(12)20-17(13)21/h2-8H,1H3,(H,20,21)/b13-7-. The highest BCUT2D eigenvalue weighted by Gasteiger charge is 2.26. The molecule has 4 nitrogen and oxygen atoms in total. The summed E-state index contributed by atoms with van der Waals surface area (Å²) in [6, 6.07) is 13.0. The molecule has 1 amide bonds. The summed E-state index contributed by atoms with van der Waals surface area (Å²) in [5, 5.41) is 11.9. The summed E-state index contributed by atoms with van der Waals surface area (Å²) in [7, 11) is 1.60. The number of rotatable bonds is 2. The summed E-state index contributed by atoms with van der Waals surface area (Å²) in [5.74, 6) is 0.523. The molecule has 0 saturated heterocycles. The summed E-state index contributed by atoms with van der Waals surface area (Å²) >= 11 is 3.43. The molecule has 0 aromatic heterocycles. The SMILES string of the molecule is COc1ccc(/C=C2\C(=O)Nc3c(C#N)cccc32)cc1Br. The molecule has 3 rings (SSSR count). The number of methoxy groups -OCH3 is 1. The molecule has 0 saturated carbocycles. The second kappa shape index (κ2) is 5.66. The third-order valence-electron chi connectivity index (χ3n) is 3.45. The zero-order valence-corrected chi connectivity index (χ0v) is 13.3. The van der Waals surface area contributed by atoms with Crippen molar-refractivity contribution in [2.24, 2.45) is 0 Å². The Bertz CT molecular complexity index is 850. The van der Waals surface area contributed by atoms with E-state index in [1.165, 1.54) is 0 Å². The monoisotopic (exact) mass is 354 g/mol. The van der Waals surface area contributed by atoms with Gasteiger partial charge in [-0.25, -0.2) is 0 Å². The van der Waals surface area contributed by atoms with Gasteiger partial charge in [-0.15, -0.1) is 0 Å². The van der Waals surface area contributed by atoms with E-state index in [0.29, 0.717) is 16.8 Å². The maximum Gasteiger partial charge on any atom is 0.256 e. The average Bonchev–Trinajstić information content (AvgIpc) is 2.83. The lowest BCUT2D eigenvalue weighted by Gasteiger charge is -2.04. The Balaban J connectivity index is 2.09. The molecule has 0 fully saturated rings. The third-order valence-corrected chi connectivity index (χ3v) is 4.06. The number of carbonyl (C=O) groups excluding carboxylic acids is 1. The Morgan fingerprint density at radius 1 is 1.32 bits per heavy atom. The van der Waals surface area contributed by atoms with Crippen LogP contribution in [0, 0.1) is 11.3 Å². The molecule has 22 heavy (non-hydrogen) atoms. The number of amides is 1. The van der Waals surface area contributed by atoms with E-state index in [-0.39, 0.29) is 5.91 Å². The lowest BCUT2D eigenvalue weighted by atomic mass is 10.0. The number of halogens is 1. The number of nitriles is 1. The van der Waals surface area contributed by atoms with Crippen molar-refractivity contribution in [3.63, 3.8) is 0 Å². The van der Waals surface area contributed by atoms with Gasteiger partial charge in [-0.1, -0.05) is 18.2 Å². The minimum absolute atomic E-state index is 0.204. The van der Waals surface area contributed by atoms with Crippen LogP contribution >= 0.6 is 15.9 Å². The molecule has 0 aliphatic carbocycles. The van der Waals surface area contributed by atoms with Crippen molar-refractivity contribution in [3.05, 3.63) is 57.6 Å². The Hall–Kier alpha value is -2.58. The van der Waals surface area contributed by atoms with Gasteiger partial charge in [-0.05, 0) is 45.8 Å². The van der Waals surface area contributed by atoms with Crippen molar-refractivity contribution in [1.29, 1.82) is 5.26 Å². The number of anilines is 1. The maximum atomic E-state index is 12.2. The Morgan fingerprint density at radius 3 is 2.82 bits per heavy atom. The number of hydrogen-bond acceptors (Lipinski definition) is 3. The van der Waals surface area contributed by atoms with Crippen LogP contribution in [0.5, 0.6) is 5.75 Å². The fourth-order valence-electron chi connectivity index (χ4n) is 2.39. The highest BCUT2D eigenvalue weighted by Crippen LogP contribution is 2.36. The predicted octanol–water partition coefficient (Wildman–Crippen LogP) is 3.82. The summed E-state index contributed by atoms with van der Waals surface area (Å²) in [5.41, 5.74) is 3.20. The quantitative estimate of drug-likeness (QED) is 0.833. The number of para-hydroxylation sites is 1. The first kappa shape index (κ1) is 14.4. The molecule has 2 aromatic carbocycles. The van der Waals surface area contributed by atoms with Gasteiger partial charge in [-0.2, -0.15) is 5.26 Å². The number of nitrogens with zero attached hydrogens (tertiary/aromatic N) is 1. The fraction of sp³-hybridized carbons (Fsp3) is 0.0588. The predicted molar refractivity (Wildman–Crippen MR) is 88.4 cm³/mol. The number of hydrogen-bond donors (Lipinski definition) is 1. The van der Waals surface area contributed by atoms with E-state index >= 15 is 0 Å². The van der Waals surface area contributed by atoms with Gasteiger partial charge in [-0.3, -0.25) is 4.79 Å². The zero-order valence-electron chi connectivity index (χ0n) is 11.7. The van der Waals surface area contributed by atoms with Gasteiger partial charge in [0.05, 0.1) is 22.8 Å². The van der Waals surface area contributed by atoms with Crippen molar-refractivity contribution >= 4 is 39.2 Å². The van der Waals surface area contributed by atoms with Gasteiger partial charge < -0.3 is 10.1 Å². The molecule has 1 aliphatic heterocycles. The van der Waals surface area contributed by atoms with E-state index in [4.69, 9.17) is 10.00 Å². The van der Waals surface area contributed by atoms with E-state index in [1.807, 2.05) is 24.3 Å². The molecule has 0 unspecified atom stereocenters. The second-order valence-corrected chi connectivity index (χ2v) is 5.60. The Morgan fingerprint density at radius 2 is 2.14 bits per heavy atom. The van der Waals surface area contributed by atoms with Gasteiger partial charge in [0.15, 0.2) is 0 Å². The minimum atomic E-state index is -0.204. The second-order valence-electron chi connectivity index (χ2n) is 4.75. The topological polar surface area (TPSA) is 62.1 Å². The van der Waals surface area contributed by atoms with E-state index in [2.05, 4.69) is 27.3 Å². The van der Waals surface area contributed by atoms with Crippen molar-refractivity contribution in [2.75, 3.05) is 12.4 Å². The smallest absolute Gasteiger partial charge is 0.256 e. The van der Waals surface area contributed by atoms with Crippen molar-refractivity contribution in [3.8, 4) is 11.8 Å². The molecule has 1 N–H and O–H groups in total. The molecule has 1 aliphatic rings. The number of benzene rings is 2. The lowest BCUT2D eigenvalue weighted by Crippen LogP contribution is -2.04. The largest absolute Gasteiger partial charge is 0.496 e. The summed E-state index contributed by atoms with van der Waals surface area (Å²) in [4.78, 5) is 12.2. The van der Waals surface area contributed by atoms with Crippen LogP contribution in [0.1, 0.15) is 16.7 Å². The summed E-state index contributed by atoms with van der Waals surface area (Å²) < 4.78 is 6.01. The molecule has 1 heterocycles. The van der Waals surface area contributed by atoms with E-state index in [1.54, 1.807) is 25.3 Å². The molecular weight excluding hydrogens is 344 g/mol. The Labute approximate surface area is 136 Å². The van der Waals surface area contributed by atoms with Crippen molar-refractivity contribution in [1.82, 2.24) is 0 Å². The molecule has 0 spiro atoms. The summed E-state index contributed by atoms with van der Waals surface area (Å²) in [6.07, 6.45) is 1.80. The van der Waals surface area contributed by atoms with Gasteiger partial charge >= 0.3 is 0 Å². The molecule has 0 bridgehead atoms. The van der Waals surface area contributed by atoms with E-state index in [9.17, 15) is 4.79 Å². The Kier molecular flexibility index (Phi) is 3.70. The lowest BCUT2D eigenvalue weighted by molar-refractivity contribution is -0.110. The summed E-state index contributed by atoms with van der Waals surface area (Å²) in [6.45, 7) is 0. The van der Waals surface area contributed by atoms with Gasteiger partial charge in [0, 0.05) is 11.1 Å². The minimum Gasteiger partial charge on any atom is -0.496 e. The highest BCUT2D eigenvalue weighted by atomic mass is 79.9. The fourth-order valence-corrected chi connectivity index (χ4v) is 2.95. The van der Waals surface area contributed by atoms with E-state index < -0.39 is 0 Å². The molecule has 0 radical (unpaired) electrons. The normalized spacial score (nSPS) is 14.4. The molecule has 0 atom stereocenters. The highest BCUT2D eigenvalue weighted by molar-refractivity contribution is 9.10. The van der Waals surface area contributed by atoms with Crippen LogP contribution in [0.4, 0.5) is 5.69 Å². The van der Waals surface area contributed by atoms with Gasteiger partial charge in [0.2, 0.25) is 0 Å². The van der Waals surface area contributed by atoms with Crippen LogP contribution in [0.3, 0.4) is 0 Å². The molecule has 5 heteroatoms. The van der Waals surface area contributed by atoms with Crippen molar-refractivity contribution in [2.45, 2.75) is 0 Å². The first-order chi connectivity index (χ1) is 10.6. The van der Waals surface area contributed by atoms with E-state index in [0.717, 1.165) is 21.3 Å². The third kappa shape index (κ3) is 2.38. The van der Waals surface area contributed by atoms with Crippen LogP contribution in [0.25, 0.3) is 11.6 Å². The van der Waals surface area contributed by atoms with Crippen LogP contribution in [-0.2, 0) is 4.79 Å². The van der Waals surface area contributed by atoms with Crippen LogP contribution in [0.15, 0.2) is 40.9 Å². The molecule has 108 valence electrons. The van der Waals surface area contributed by atoms with Gasteiger partial charge in [0.1, 0.15) is 11.8 Å². The van der Waals surface area contributed by atoms with Gasteiger partial charge in [0.25, 0.3) is 5.91 Å².